The largest absolute Gasteiger partial charge is 0.508 e. The average molecular weight is 1170 g/mol. The van der Waals surface area contributed by atoms with E-state index in [0.717, 1.165) is 5.56 Å². The molecule has 24 nitrogen and oxygen atoms in total. The summed E-state index contributed by atoms with van der Waals surface area (Å²) in [5.74, 6) is -9.24. The number of aromatic amines is 3. The third-order valence-corrected chi connectivity index (χ3v) is 14.4. The van der Waals surface area contributed by atoms with Gasteiger partial charge in [-0.1, -0.05) is 36.4 Å². The van der Waals surface area contributed by atoms with E-state index in [-0.39, 0.29) is 75.3 Å². The smallest absolute Gasteiger partial charge is 0.305 e. The van der Waals surface area contributed by atoms with Crippen LogP contribution in [0.2, 0.25) is 0 Å². The summed E-state index contributed by atoms with van der Waals surface area (Å²) < 4.78 is 29.4. The Kier molecular flexibility index (Phi) is 20.7. The number of carboxylic acids is 1. The van der Waals surface area contributed by atoms with E-state index in [1.807, 2.05) is 0 Å². The first-order valence-corrected chi connectivity index (χ1v) is 27.4. The zero-order valence-corrected chi connectivity index (χ0v) is 45.9. The first-order chi connectivity index (χ1) is 40.8. The first-order valence-electron chi connectivity index (χ1n) is 27.4. The van der Waals surface area contributed by atoms with Crippen molar-refractivity contribution in [2.45, 2.75) is 107 Å². The van der Waals surface area contributed by atoms with Crippen molar-refractivity contribution in [2.75, 3.05) is 13.1 Å². The molecule has 7 aromatic rings. The number of nitrogens with two attached hydrogens (primary N) is 1. The molecule has 2 aliphatic heterocycles. The predicted octanol–water partition coefficient (Wildman–Crippen LogP) is 1.52. The van der Waals surface area contributed by atoms with Gasteiger partial charge in [-0.2, -0.15) is 0 Å². The number of rotatable bonds is 11. The number of amides is 8. The minimum absolute atomic E-state index is 0.0207. The summed E-state index contributed by atoms with van der Waals surface area (Å²) in [6.07, 6.45) is 4.55. The van der Waals surface area contributed by atoms with Gasteiger partial charge in [-0.3, -0.25) is 43.2 Å². The van der Waals surface area contributed by atoms with E-state index in [2.05, 4.69) is 62.5 Å². The summed E-state index contributed by atoms with van der Waals surface area (Å²) in [5, 5.41) is 42.5. The van der Waals surface area contributed by atoms with Crippen LogP contribution in [-0.2, 0) is 81.8 Å². The van der Waals surface area contributed by atoms with Crippen molar-refractivity contribution in [3.8, 4) is 5.75 Å². The molecular formula is C59H65F2N13O11. The van der Waals surface area contributed by atoms with Crippen LogP contribution in [0.25, 0.3) is 21.8 Å². The number of aliphatic carboxylic acids is 1. The maximum absolute atomic E-state index is 14.8. The number of halogens is 2. The summed E-state index contributed by atoms with van der Waals surface area (Å²) >= 11 is 0. The van der Waals surface area contributed by atoms with Crippen LogP contribution in [0.1, 0.15) is 65.6 Å². The third-order valence-electron chi connectivity index (χ3n) is 14.4. The van der Waals surface area contributed by atoms with Gasteiger partial charge < -0.3 is 73.4 Å². The van der Waals surface area contributed by atoms with E-state index in [4.69, 9.17) is 5.73 Å². The summed E-state index contributed by atoms with van der Waals surface area (Å²) in [4.78, 5) is 137. The second-order valence-corrected chi connectivity index (χ2v) is 20.8. The van der Waals surface area contributed by atoms with Crippen LogP contribution in [0.5, 0.6) is 5.75 Å². The molecule has 0 saturated heterocycles. The third kappa shape index (κ3) is 17.8. The van der Waals surface area contributed by atoms with Crippen molar-refractivity contribution in [2.24, 2.45) is 5.73 Å². The molecule has 26 heteroatoms. The maximum atomic E-state index is 14.8. The Balaban J connectivity index is 1.12. The summed E-state index contributed by atoms with van der Waals surface area (Å²) in [5.41, 5.74) is 9.94. The fourth-order valence-electron chi connectivity index (χ4n) is 9.88. The van der Waals surface area contributed by atoms with Crippen LogP contribution >= 0.6 is 0 Å². The SMILES string of the molecule is NC(=O)[C@@H]1Cc2ccc(cc2)CNC(=O)CCCCC(=O)NCC(=O)N[C@@H](Cc2c[nH]c3ccc(F)cc23)C(=O)N[C@@H](Cc2c[nH]c3ccc(F)cc23)C(=O)N[C@@H](CC(=O)O)C(=O)N[C@@H](Cc2cnc[nH]2)C(=O)N[C@@H](Cc2ccc(O)cc2)CN1. The van der Waals surface area contributed by atoms with Crippen molar-refractivity contribution in [1.29, 1.82) is 0 Å². The van der Waals surface area contributed by atoms with Gasteiger partial charge in [-0.05, 0) is 102 Å². The Labute approximate surface area is 484 Å². The van der Waals surface area contributed by atoms with E-state index in [1.54, 1.807) is 36.4 Å². The standard InChI is InChI=1S/C59H65F2N13O11/c60-37-11-15-44-42(21-37)35(26-64-44)19-47-57(83)72-48(20-36-27-65-45-16-12-38(61)22-43(36)45)58(84)74-50(24-54(79)80)59(85)73-49(23-39-28-63-31-69-39)56(82)70-40(17-32-9-13-41(75)14-10-32)29-66-46(55(62)81)18-33-5-7-34(8-6-33)25-67-51(76)3-1-2-4-52(77)68-30-53(78)71-47/h5-16,21-22,26-28,31,40,46-50,64-66,75H,1-4,17-20,23-25,29-30H2,(H2,62,81)(H,63,69)(H,67,76)(H,68,77)(H,70,82)(H,71,78)(H,72,83)(H,73,85)(H,74,84)(H,79,80)/t40-,46-,47-,48-,49-,50-/m0/s1. The molecule has 0 saturated carbocycles. The lowest BCUT2D eigenvalue weighted by Gasteiger charge is -2.27. The highest BCUT2D eigenvalue weighted by Crippen LogP contribution is 2.24. The molecule has 0 spiro atoms. The van der Waals surface area contributed by atoms with Crippen molar-refractivity contribution >= 4 is 75.0 Å². The van der Waals surface area contributed by atoms with Gasteiger partial charge in [0.1, 0.15) is 41.6 Å². The Bertz CT molecular complexity index is 3540. The van der Waals surface area contributed by atoms with Crippen molar-refractivity contribution in [3.05, 3.63) is 155 Å². The number of aromatic hydroxyl groups is 1. The lowest BCUT2D eigenvalue weighted by molar-refractivity contribution is -0.141. The molecule has 15 N–H and O–H groups in total. The lowest BCUT2D eigenvalue weighted by Crippen LogP contribution is -2.60. The number of phenols is 1. The minimum atomic E-state index is -1.93. The number of carbonyl (C=O) groups is 9. The van der Waals surface area contributed by atoms with Gasteiger partial charge >= 0.3 is 5.97 Å². The van der Waals surface area contributed by atoms with Crippen LogP contribution in [-0.4, -0.2) is 133 Å². The molecular weight excluding hydrogens is 1100 g/mol. The number of fused-ring (bicyclic) bond motifs is 32. The Hall–Kier alpha value is -9.98. The Morgan fingerprint density at radius 1 is 0.588 bits per heavy atom. The van der Waals surface area contributed by atoms with Gasteiger partial charge in [0.25, 0.3) is 0 Å². The van der Waals surface area contributed by atoms with Crippen LogP contribution in [0, 0.1) is 11.6 Å². The van der Waals surface area contributed by atoms with Crippen molar-refractivity contribution in [1.82, 2.24) is 62.5 Å². The molecule has 0 fully saturated rings. The number of H-pyrrole nitrogens is 3. The molecule has 0 unspecified atom stereocenters. The number of nitrogens with zero attached hydrogens (tertiary/aromatic N) is 1. The van der Waals surface area contributed by atoms with Crippen molar-refractivity contribution in [3.63, 3.8) is 0 Å². The van der Waals surface area contributed by atoms with E-state index >= 15 is 0 Å². The molecule has 0 aliphatic carbocycles. The highest BCUT2D eigenvalue weighted by Gasteiger charge is 2.35. The molecule has 5 heterocycles. The summed E-state index contributed by atoms with van der Waals surface area (Å²) in [6, 6.07) is 12.5. The fraction of sp³-hybridized carbons (Fsp3) is 0.322. The minimum Gasteiger partial charge on any atom is -0.508 e. The molecule has 2 aliphatic rings. The highest BCUT2D eigenvalue weighted by molar-refractivity contribution is 5.98. The zero-order chi connectivity index (χ0) is 60.6. The first kappa shape index (κ1) is 61.1. The molecule has 6 atom stereocenters. The number of nitrogens with one attached hydrogen (secondary N) is 11. The van der Waals surface area contributed by atoms with Gasteiger partial charge in [-0.15, -0.1) is 0 Å². The Morgan fingerprint density at radius 2 is 1.12 bits per heavy atom. The van der Waals surface area contributed by atoms with Crippen LogP contribution in [0.15, 0.2) is 110 Å². The number of hydrogen-bond acceptors (Lipinski definition) is 12. The number of carboxylic acid groups (broad SMARTS) is 1. The number of aromatic nitrogens is 4. The number of carbonyl (C=O) groups excluding carboxylic acids is 8. The fourth-order valence-corrected chi connectivity index (χ4v) is 9.88. The van der Waals surface area contributed by atoms with E-state index in [0.29, 0.717) is 50.6 Å². The quantitative estimate of drug-likeness (QED) is 0.0819. The molecule has 2 bridgehead atoms. The topological polar surface area (TPSA) is 377 Å². The normalized spacial score (nSPS) is 20.8. The van der Waals surface area contributed by atoms with Gasteiger partial charge in [0.05, 0.1) is 25.3 Å². The monoisotopic (exact) mass is 1170 g/mol. The molecule has 8 amide bonds. The van der Waals surface area contributed by atoms with Gasteiger partial charge in [0.2, 0.25) is 47.3 Å². The number of phenolic OH excluding ortho intramolecular Hbond substituents is 1. The molecule has 9 rings (SSSR count). The number of primary amides is 1. The van der Waals surface area contributed by atoms with Crippen LogP contribution in [0.4, 0.5) is 8.78 Å². The predicted molar refractivity (Wildman–Crippen MR) is 304 cm³/mol. The second-order valence-electron chi connectivity index (χ2n) is 20.8. The average Bonchev–Trinajstić information content (AvgIpc) is 4.21. The summed E-state index contributed by atoms with van der Waals surface area (Å²) in [6.45, 7) is -0.500. The molecule has 4 aromatic carbocycles. The highest BCUT2D eigenvalue weighted by atomic mass is 19.1. The van der Waals surface area contributed by atoms with Crippen molar-refractivity contribution < 1.29 is 62.1 Å². The van der Waals surface area contributed by atoms with E-state index in [9.17, 15) is 62.1 Å². The molecule has 85 heavy (non-hydrogen) atoms. The zero-order valence-electron chi connectivity index (χ0n) is 45.9. The number of benzene rings is 4. The van der Waals surface area contributed by atoms with Gasteiger partial charge in [-0.25, -0.2) is 13.8 Å². The second kappa shape index (κ2) is 28.8. The lowest BCUT2D eigenvalue weighted by atomic mass is 10.0. The number of hydrogen-bond donors (Lipinski definition) is 14. The molecule has 3 aromatic heterocycles. The van der Waals surface area contributed by atoms with Crippen LogP contribution in [0.3, 0.4) is 0 Å². The van der Waals surface area contributed by atoms with E-state index in [1.165, 1.54) is 73.4 Å². The van der Waals surface area contributed by atoms with E-state index < -0.39 is 115 Å². The van der Waals surface area contributed by atoms with Gasteiger partial charge in [0.15, 0.2) is 0 Å². The summed E-state index contributed by atoms with van der Waals surface area (Å²) in [7, 11) is 0. The number of imidazole rings is 1. The van der Waals surface area contributed by atoms with Gasteiger partial charge in [0, 0.05) is 97.3 Å². The van der Waals surface area contributed by atoms with Crippen LogP contribution < -0.4 is 48.3 Å². The Morgan fingerprint density at radius 3 is 1.68 bits per heavy atom. The molecule has 0 radical (unpaired) electrons. The molecule has 446 valence electrons. The maximum Gasteiger partial charge on any atom is 0.305 e.